The molecule has 0 aliphatic carbocycles. The van der Waals surface area contributed by atoms with Crippen LogP contribution in [0.25, 0.3) is 5.57 Å². The first-order valence-electron chi connectivity index (χ1n) is 9.87. The first-order valence-corrected chi connectivity index (χ1v) is 11.3. The predicted molar refractivity (Wildman–Crippen MR) is 124 cm³/mol. The van der Waals surface area contributed by atoms with Gasteiger partial charge in [0, 0.05) is 36.4 Å². The molecule has 1 amide bonds. The number of carbonyl (C=O) groups excluding carboxylic acids is 1. The smallest absolute Gasteiger partial charge is 0.267 e. The van der Waals surface area contributed by atoms with E-state index in [4.69, 9.17) is 14.7 Å². The van der Waals surface area contributed by atoms with Gasteiger partial charge in [-0.1, -0.05) is 12.1 Å². The standard InChI is InChI=1S/C23H23N3O7S/c1-25(34(30,31)19-9-10-21(32-2)22(13-19)33-3)18-8-4-6-16(12-18)20(14-23(27)24-28)17-7-5-11-26(29)15-17/h4-15,28H,1-3H3,(H,24,27)/b20-14+. The minimum Gasteiger partial charge on any atom is -0.619 e. The summed E-state index contributed by atoms with van der Waals surface area (Å²) in [6, 6.07) is 13.8. The second-order valence-corrected chi connectivity index (χ2v) is 9.00. The summed E-state index contributed by atoms with van der Waals surface area (Å²) < 4.78 is 38.6. The van der Waals surface area contributed by atoms with Gasteiger partial charge >= 0.3 is 0 Å². The Hall–Kier alpha value is -4.09. The van der Waals surface area contributed by atoms with Crippen molar-refractivity contribution in [1.29, 1.82) is 0 Å². The van der Waals surface area contributed by atoms with E-state index in [1.54, 1.807) is 30.3 Å². The molecule has 0 unspecified atom stereocenters. The summed E-state index contributed by atoms with van der Waals surface area (Å²) in [5.74, 6) is -0.157. The molecule has 34 heavy (non-hydrogen) atoms. The van der Waals surface area contributed by atoms with Crippen molar-refractivity contribution in [3.8, 4) is 11.5 Å². The molecule has 0 saturated heterocycles. The third kappa shape index (κ3) is 5.11. The maximum Gasteiger partial charge on any atom is 0.267 e. The Morgan fingerprint density at radius 3 is 2.41 bits per heavy atom. The molecular weight excluding hydrogens is 462 g/mol. The summed E-state index contributed by atoms with van der Waals surface area (Å²) in [4.78, 5) is 11.9. The van der Waals surface area contributed by atoms with Gasteiger partial charge in [-0.3, -0.25) is 14.3 Å². The maximum atomic E-state index is 13.3. The topological polar surface area (TPSA) is 132 Å². The molecular formula is C23H23N3O7S. The third-order valence-electron chi connectivity index (χ3n) is 5.01. The first kappa shape index (κ1) is 24.6. The lowest BCUT2D eigenvalue weighted by Gasteiger charge is -2.21. The Morgan fingerprint density at radius 2 is 1.76 bits per heavy atom. The predicted octanol–water partition coefficient (Wildman–Crippen LogP) is 2.10. The summed E-state index contributed by atoms with van der Waals surface area (Å²) in [7, 11) is 0.267. The van der Waals surface area contributed by atoms with E-state index < -0.39 is 15.9 Å². The fraction of sp³-hybridized carbons (Fsp3) is 0.130. The highest BCUT2D eigenvalue weighted by atomic mass is 32.2. The number of hydroxylamine groups is 1. The van der Waals surface area contributed by atoms with Gasteiger partial charge in [-0.15, -0.1) is 0 Å². The normalized spacial score (nSPS) is 11.6. The third-order valence-corrected chi connectivity index (χ3v) is 6.79. The van der Waals surface area contributed by atoms with Crippen molar-refractivity contribution < 1.29 is 32.6 Å². The monoisotopic (exact) mass is 485 g/mol. The molecule has 0 aliphatic rings. The number of amides is 1. The Bertz CT molecular complexity index is 1340. The summed E-state index contributed by atoms with van der Waals surface area (Å²) in [5.41, 5.74) is 2.96. The van der Waals surface area contributed by atoms with Gasteiger partial charge in [0.1, 0.15) is 0 Å². The van der Waals surface area contributed by atoms with E-state index in [1.807, 2.05) is 0 Å². The lowest BCUT2D eigenvalue weighted by atomic mass is 9.98. The van der Waals surface area contributed by atoms with Crippen LogP contribution < -0.4 is 24.0 Å². The number of sulfonamides is 1. The van der Waals surface area contributed by atoms with Gasteiger partial charge in [0.15, 0.2) is 23.9 Å². The molecule has 10 nitrogen and oxygen atoms in total. The summed E-state index contributed by atoms with van der Waals surface area (Å²) >= 11 is 0. The molecule has 178 valence electrons. The van der Waals surface area contributed by atoms with E-state index in [-0.39, 0.29) is 10.6 Å². The highest BCUT2D eigenvalue weighted by molar-refractivity contribution is 7.92. The van der Waals surface area contributed by atoms with Crippen LogP contribution in [0.5, 0.6) is 11.5 Å². The zero-order valence-corrected chi connectivity index (χ0v) is 19.4. The first-order chi connectivity index (χ1) is 16.2. The van der Waals surface area contributed by atoms with E-state index in [9.17, 15) is 18.4 Å². The van der Waals surface area contributed by atoms with Crippen LogP contribution in [0.2, 0.25) is 0 Å². The van der Waals surface area contributed by atoms with Crippen LogP contribution in [0.1, 0.15) is 11.1 Å². The van der Waals surface area contributed by atoms with E-state index in [2.05, 4.69) is 0 Å². The number of rotatable bonds is 8. The second-order valence-electron chi connectivity index (χ2n) is 7.03. The van der Waals surface area contributed by atoms with Crippen LogP contribution in [-0.2, 0) is 14.8 Å². The van der Waals surface area contributed by atoms with Crippen LogP contribution in [0.3, 0.4) is 0 Å². The molecule has 2 N–H and O–H groups in total. The molecule has 3 aromatic rings. The van der Waals surface area contributed by atoms with Crippen LogP contribution in [0.15, 0.2) is 78.0 Å². The van der Waals surface area contributed by atoms with Gasteiger partial charge in [-0.2, -0.15) is 4.73 Å². The van der Waals surface area contributed by atoms with E-state index >= 15 is 0 Å². The Morgan fingerprint density at radius 1 is 1.06 bits per heavy atom. The highest BCUT2D eigenvalue weighted by Crippen LogP contribution is 2.33. The number of carbonyl (C=O) groups is 1. The molecule has 1 aromatic heterocycles. The molecule has 11 heteroatoms. The number of methoxy groups -OCH3 is 2. The lowest BCUT2D eigenvalue weighted by molar-refractivity contribution is -0.605. The minimum atomic E-state index is -3.99. The molecule has 0 saturated carbocycles. The van der Waals surface area contributed by atoms with Gasteiger partial charge in [0.2, 0.25) is 0 Å². The SMILES string of the molecule is COc1ccc(S(=O)(=O)N(C)c2cccc(/C(=C\C(=O)NO)c3ccc[n+]([O-])c3)c2)cc1OC. The van der Waals surface area contributed by atoms with Crippen molar-refractivity contribution in [2.24, 2.45) is 0 Å². The van der Waals surface area contributed by atoms with Gasteiger partial charge in [0.25, 0.3) is 15.9 Å². The lowest BCUT2D eigenvalue weighted by Crippen LogP contribution is -2.26. The average Bonchev–Trinajstić information content (AvgIpc) is 2.86. The average molecular weight is 486 g/mol. The van der Waals surface area contributed by atoms with Crippen LogP contribution >= 0.6 is 0 Å². The number of aromatic nitrogens is 1. The van der Waals surface area contributed by atoms with E-state index in [0.29, 0.717) is 32.9 Å². The highest BCUT2D eigenvalue weighted by Gasteiger charge is 2.24. The summed E-state index contributed by atoms with van der Waals surface area (Å²) in [6.45, 7) is 0. The second kappa shape index (κ2) is 10.2. The zero-order valence-electron chi connectivity index (χ0n) is 18.6. The fourth-order valence-electron chi connectivity index (χ4n) is 3.25. The van der Waals surface area contributed by atoms with E-state index in [0.717, 1.165) is 10.4 Å². The van der Waals surface area contributed by atoms with Crippen LogP contribution in [-0.4, -0.2) is 40.8 Å². The number of pyridine rings is 1. The molecule has 3 rings (SSSR count). The van der Waals surface area contributed by atoms with Gasteiger partial charge in [0.05, 0.1) is 24.8 Å². The molecule has 0 bridgehead atoms. The number of nitrogens with zero attached hydrogens (tertiary/aromatic N) is 2. The summed E-state index contributed by atoms with van der Waals surface area (Å²) in [5, 5.41) is 20.7. The zero-order chi connectivity index (χ0) is 24.9. The maximum absolute atomic E-state index is 13.3. The molecule has 1 heterocycles. The Kier molecular flexibility index (Phi) is 7.39. The summed E-state index contributed by atoms with van der Waals surface area (Å²) in [6.07, 6.45) is 3.65. The van der Waals surface area contributed by atoms with Crippen LogP contribution in [0.4, 0.5) is 5.69 Å². The number of benzene rings is 2. The molecule has 0 spiro atoms. The van der Waals surface area contributed by atoms with Gasteiger partial charge in [-0.25, -0.2) is 13.9 Å². The molecule has 0 atom stereocenters. The Labute approximate surface area is 196 Å². The van der Waals surface area contributed by atoms with Gasteiger partial charge in [-0.05, 0) is 35.9 Å². The molecule has 0 radical (unpaired) electrons. The van der Waals surface area contributed by atoms with Gasteiger partial charge < -0.3 is 14.7 Å². The number of anilines is 1. The largest absolute Gasteiger partial charge is 0.619 e. The van der Waals surface area contributed by atoms with Crippen molar-refractivity contribution in [1.82, 2.24) is 5.48 Å². The Balaban J connectivity index is 2.06. The van der Waals surface area contributed by atoms with Crippen molar-refractivity contribution in [3.05, 3.63) is 89.4 Å². The minimum absolute atomic E-state index is 0.0102. The van der Waals surface area contributed by atoms with Crippen molar-refractivity contribution >= 4 is 27.2 Å². The molecule has 0 aliphatic heterocycles. The molecule has 2 aromatic carbocycles. The molecule has 0 fully saturated rings. The number of ether oxygens (including phenoxy) is 2. The number of nitrogens with one attached hydrogen (secondary N) is 1. The fourth-order valence-corrected chi connectivity index (χ4v) is 4.46. The van der Waals surface area contributed by atoms with E-state index in [1.165, 1.54) is 63.4 Å². The van der Waals surface area contributed by atoms with Crippen molar-refractivity contribution in [2.45, 2.75) is 4.90 Å². The quantitative estimate of drug-likeness (QED) is 0.164. The van der Waals surface area contributed by atoms with Crippen molar-refractivity contribution in [2.75, 3.05) is 25.6 Å². The van der Waals surface area contributed by atoms with Crippen LogP contribution in [0, 0.1) is 5.21 Å². The number of hydrogen-bond donors (Lipinski definition) is 2. The number of hydrogen-bond acceptors (Lipinski definition) is 7. The van der Waals surface area contributed by atoms with Crippen molar-refractivity contribution in [3.63, 3.8) is 0 Å².